The van der Waals surface area contributed by atoms with Crippen molar-refractivity contribution < 1.29 is 23.9 Å². The summed E-state index contributed by atoms with van der Waals surface area (Å²) in [5.41, 5.74) is 0.768. The Labute approximate surface area is 119 Å². The highest BCUT2D eigenvalue weighted by molar-refractivity contribution is 5.98. The average Bonchev–Trinajstić information content (AvgIpc) is 2.72. The van der Waals surface area contributed by atoms with Crippen LogP contribution >= 0.6 is 0 Å². The van der Waals surface area contributed by atoms with Crippen molar-refractivity contribution in [3.63, 3.8) is 0 Å². The number of rotatable bonds is 8. The van der Waals surface area contributed by atoms with E-state index in [0.717, 1.165) is 37.7 Å². The molecule has 1 aliphatic rings. The van der Waals surface area contributed by atoms with Crippen LogP contribution in [0.5, 0.6) is 0 Å². The van der Waals surface area contributed by atoms with E-state index in [0.29, 0.717) is 6.42 Å². The van der Waals surface area contributed by atoms with E-state index >= 15 is 0 Å². The lowest BCUT2D eigenvalue weighted by atomic mass is 10.0. The highest BCUT2D eigenvalue weighted by Crippen LogP contribution is 2.22. The number of carbonyl (C=O) groups excluding carboxylic acids is 3. The first-order valence-corrected chi connectivity index (χ1v) is 7.01. The van der Waals surface area contributed by atoms with E-state index in [1.54, 1.807) is 6.08 Å². The Kier molecular flexibility index (Phi) is 6.98. The topological polar surface area (TPSA) is 69.7 Å². The Balaban J connectivity index is 2.16. The predicted molar refractivity (Wildman–Crippen MR) is 73.0 cm³/mol. The smallest absolute Gasteiger partial charge is 0.305 e. The molecule has 1 rings (SSSR count). The number of carbonyl (C=O) groups is 3. The third-order valence-corrected chi connectivity index (χ3v) is 3.25. The molecule has 1 atom stereocenters. The van der Waals surface area contributed by atoms with E-state index < -0.39 is 0 Å². The van der Waals surface area contributed by atoms with Crippen LogP contribution in [0.3, 0.4) is 0 Å². The van der Waals surface area contributed by atoms with Crippen molar-refractivity contribution in [3.05, 3.63) is 11.6 Å². The van der Waals surface area contributed by atoms with Gasteiger partial charge in [-0.05, 0) is 30.9 Å². The van der Waals surface area contributed by atoms with Crippen molar-refractivity contribution in [2.45, 2.75) is 58.0 Å². The third kappa shape index (κ3) is 5.99. The molecule has 5 heteroatoms. The monoisotopic (exact) mass is 282 g/mol. The Hall–Kier alpha value is -1.65. The normalized spacial score (nSPS) is 17.8. The molecule has 0 fully saturated rings. The zero-order valence-corrected chi connectivity index (χ0v) is 12.1. The average molecular weight is 282 g/mol. The third-order valence-electron chi connectivity index (χ3n) is 3.25. The van der Waals surface area contributed by atoms with Crippen molar-refractivity contribution in [2.24, 2.45) is 0 Å². The second-order valence-electron chi connectivity index (χ2n) is 4.96. The maximum atomic E-state index is 11.7. The van der Waals surface area contributed by atoms with Gasteiger partial charge in [0.15, 0.2) is 5.78 Å². The summed E-state index contributed by atoms with van der Waals surface area (Å²) in [6.07, 6.45) is 6.47. The van der Waals surface area contributed by atoms with Gasteiger partial charge >= 0.3 is 11.9 Å². The maximum Gasteiger partial charge on any atom is 0.305 e. The van der Waals surface area contributed by atoms with E-state index in [-0.39, 0.29) is 30.2 Å². The Morgan fingerprint density at radius 3 is 2.60 bits per heavy atom. The highest BCUT2D eigenvalue weighted by Gasteiger charge is 2.25. The molecule has 0 aromatic carbocycles. The van der Waals surface area contributed by atoms with Crippen LogP contribution in [0.2, 0.25) is 0 Å². The van der Waals surface area contributed by atoms with Gasteiger partial charge in [-0.25, -0.2) is 0 Å². The molecule has 5 nitrogen and oxygen atoms in total. The number of hydrogen-bond acceptors (Lipinski definition) is 5. The minimum Gasteiger partial charge on any atom is -0.469 e. The first-order chi connectivity index (χ1) is 9.52. The van der Waals surface area contributed by atoms with Crippen LogP contribution < -0.4 is 0 Å². The first kappa shape index (κ1) is 16.4. The van der Waals surface area contributed by atoms with Crippen LogP contribution in [0.1, 0.15) is 51.9 Å². The maximum absolute atomic E-state index is 11.7. The van der Waals surface area contributed by atoms with Gasteiger partial charge in [-0.1, -0.05) is 12.8 Å². The van der Waals surface area contributed by atoms with Crippen LogP contribution in [0.4, 0.5) is 0 Å². The molecule has 0 spiro atoms. The molecule has 0 radical (unpaired) electrons. The number of unbranched alkanes of at least 4 members (excludes halogenated alkanes) is 3. The summed E-state index contributed by atoms with van der Waals surface area (Å²) >= 11 is 0. The first-order valence-electron chi connectivity index (χ1n) is 7.01. The molecule has 20 heavy (non-hydrogen) atoms. The van der Waals surface area contributed by atoms with Crippen LogP contribution in [0, 0.1) is 0 Å². The van der Waals surface area contributed by atoms with Gasteiger partial charge in [0.2, 0.25) is 0 Å². The molecule has 0 bridgehead atoms. The Morgan fingerprint density at radius 2 is 1.95 bits per heavy atom. The van der Waals surface area contributed by atoms with Crippen molar-refractivity contribution in [1.29, 1.82) is 0 Å². The highest BCUT2D eigenvalue weighted by atomic mass is 16.5. The van der Waals surface area contributed by atoms with Crippen molar-refractivity contribution in [3.8, 4) is 0 Å². The molecule has 0 saturated heterocycles. The predicted octanol–water partition coefficient (Wildman–Crippen LogP) is 2.33. The molecule has 0 N–H and O–H groups in total. The molecule has 1 aliphatic carbocycles. The van der Waals surface area contributed by atoms with Gasteiger partial charge in [-0.2, -0.15) is 0 Å². The SMILES string of the molecule is COC(=O)CCCCCCC1=C[C@H](OC(C)=O)CC1=O. The summed E-state index contributed by atoms with van der Waals surface area (Å²) in [5.74, 6) is -0.461. The van der Waals surface area contributed by atoms with E-state index in [4.69, 9.17) is 4.74 Å². The number of hydrogen-bond donors (Lipinski definition) is 0. The molecule has 0 saturated carbocycles. The van der Waals surface area contributed by atoms with Gasteiger partial charge in [-0.3, -0.25) is 14.4 Å². The zero-order chi connectivity index (χ0) is 15.0. The summed E-state index contributed by atoms with van der Waals surface area (Å²) < 4.78 is 9.57. The van der Waals surface area contributed by atoms with Crippen molar-refractivity contribution in [1.82, 2.24) is 0 Å². The lowest BCUT2D eigenvalue weighted by molar-refractivity contribution is -0.144. The van der Waals surface area contributed by atoms with E-state index in [1.165, 1.54) is 14.0 Å². The fourth-order valence-corrected chi connectivity index (χ4v) is 2.24. The fraction of sp³-hybridized carbons (Fsp3) is 0.667. The number of allylic oxidation sites excluding steroid dienone is 1. The molecular weight excluding hydrogens is 260 g/mol. The van der Waals surface area contributed by atoms with Gasteiger partial charge in [0.25, 0.3) is 0 Å². The number of methoxy groups -OCH3 is 1. The summed E-state index contributed by atoms with van der Waals surface area (Å²) in [7, 11) is 1.39. The largest absolute Gasteiger partial charge is 0.469 e. The van der Waals surface area contributed by atoms with Gasteiger partial charge < -0.3 is 9.47 Å². The fourth-order valence-electron chi connectivity index (χ4n) is 2.24. The molecule has 0 amide bonds. The molecule has 0 aliphatic heterocycles. The standard InChI is InChI=1S/C15H22O5/c1-11(16)20-13-9-12(14(17)10-13)7-5-3-4-6-8-15(18)19-2/h9,13H,3-8,10H2,1-2H3/t13-/m0/s1. The lowest BCUT2D eigenvalue weighted by Gasteiger charge is -2.05. The van der Waals surface area contributed by atoms with Crippen LogP contribution in [0.25, 0.3) is 0 Å². The second kappa shape index (κ2) is 8.51. The number of ether oxygens (including phenoxy) is 2. The Bertz CT molecular complexity index is 397. The van der Waals surface area contributed by atoms with Gasteiger partial charge in [0, 0.05) is 13.3 Å². The molecule has 0 aromatic heterocycles. The van der Waals surface area contributed by atoms with Crippen molar-refractivity contribution in [2.75, 3.05) is 7.11 Å². The van der Waals surface area contributed by atoms with Gasteiger partial charge in [-0.15, -0.1) is 0 Å². The molecular formula is C15H22O5. The summed E-state index contributed by atoms with van der Waals surface area (Å²) in [4.78, 5) is 33.4. The summed E-state index contributed by atoms with van der Waals surface area (Å²) in [6, 6.07) is 0. The quantitative estimate of drug-likeness (QED) is 0.505. The number of ketones is 1. The molecule has 0 unspecified atom stereocenters. The number of Topliss-reactive ketones (excluding diaryl/α,β-unsaturated/α-hetero) is 1. The summed E-state index contributed by atoms with van der Waals surface area (Å²) in [5, 5.41) is 0. The van der Waals surface area contributed by atoms with Crippen molar-refractivity contribution >= 4 is 17.7 Å². The summed E-state index contributed by atoms with van der Waals surface area (Å²) in [6.45, 7) is 1.34. The van der Waals surface area contributed by atoms with E-state index in [2.05, 4.69) is 4.74 Å². The van der Waals surface area contributed by atoms with Gasteiger partial charge in [0.05, 0.1) is 13.5 Å². The zero-order valence-electron chi connectivity index (χ0n) is 12.1. The van der Waals surface area contributed by atoms with E-state index in [1.807, 2.05) is 0 Å². The molecule has 112 valence electrons. The lowest BCUT2D eigenvalue weighted by Crippen LogP contribution is -2.12. The van der Waals surface area contributed by atoms with Crippen LogP contribution in [0.15, 0.2) is 11.6 Å². The Morgan fingerprint density at radius 1 is 1.25 bits per heavy atom. The molecule has 0 heterocycles. The minimum atomic E-state index is -0.380. The number of esters is 2. The second-order valence-corrected chi connectivity index (χ2v) is 4.96. The van der Waals surface area contributed by atoms with E-state index in [9.17, 15) is 14.4 Å². The van der Waals surface area contributed by atoms with Crippen LogP contribution in [-0.4, -0.2) is 30.9 Å². The van der Waals surface area contributed by atoms with Crippen LogP contribution in [-0.2, 0) is 23.9 Å². The molecule has 0 aromatic rings. The van der Waals surface area contributed by atoms with Gasteiger partial charge in [0.1, 0.15) is 6.10 Å². The minimum absolute atomic E-state index is 0.0748.